The molecule has 8 nitrogen and oxygen atoms in total. The monoisotopic (exact) mass is 345 g/mol. The van der Waals surface area contributed by atoms with Crippen molar-refractivity contribution < 1.29 is 23.9 Å². The van der Waals surface area contributed by atoms with E-state index in [0.29, 0.717) is 16.2 Å². The summed E-state index contributed by atoms with van der Waals surface area (Å²) in [5.41, 5.74) is 0.650. The van der Waals surface area contributed by atoms with Crippen molar-refractivity contribution in [3.8, 4) is 5.75 Å². The Hall–Kier alpha value is -2.90. The largest absolute Gasteiger partial charge is 0.497 e. The van der Waals surface area contributed by atoms with Crippen molar-refractivity contribution in [3.63, 3.8) is 0 Å². The van der Waals surface area contributed by atoms with E-state index in [2.05, 4.69) is 0 Å². The summed E-state index contributed by atoms with van der Waals surface area (Å²) in [5, 5.41) is 0. The number of methoxy groups -OCH3 is 1. The van der Waals surface area contributed by atoms with E-state index in [0.717, 1.165) is 17.7 Å². The minimum absolute atomic E-state index is 0.0518. The van der Waals surface area contributed by atoms with Gasteiger partial charge in [0, 0.05) is 13.1 Å². The highest BCUT2D eigenvalue weighted by Gasteiger charge is 2.46. The highest BCUT2D eigenvalue weighted by atomic mass is 16.5. The van der Waals surface area contributed by atoms with Crippen molar-refractivity contribution >= 4 is 23.8 Å². The average molecular weight is 345 g/mol. The number of likely N-dealkylation sites (N-methyl/N-ethyl adjacent to an activating group) is 1. The fourth-order valence-electron chi connectivity index (χ4n) is 2.69. The summed E-state index contributed by atoms with van der Waals surface area (Å²) in [7, 11) is 3.15. The first-order valence-electron chi connectivity index (χ1n) is 7.98. The third kappa shape index (κ3) is 3.33. The SMILES string of the molecule is COc1cccc(CN2C(=O)C(=O)N(CC(=O)N(C)C3CC3)C2=O)c1. The van der Waals surface area contributed by atoms with Gasteiger partial charge >= 0.3 is 17.8 Å². The Morgan fingerprint density at radius 2 is 1.88 bits per heavy atom. The Bertz CT molecular complexity index is 744. The van der Waals surface area contributed by atoms with Gasteiger partial charge in [-0.25, -0.2) is 9.69 Å². The van der Waals surface area contributed by atoms with Gasteiger partial charge in [-0.1, -0.05) is 12.1 Å². The number of benzene rings is 1. The maximum atomic E-state index is 12.4. The molecule has 1 aliphatic carbocycles. The minimum atomic E-state index is -0.967. The summed E-state index contributed by atoms with van der Waals surface area (Å²) in [6.45, 7) is -0.464. The lowest BCUT2D eigenvalue weighted by Gasteiger charge is -2.20. The van der Waals surface area contributed by atoms with Gasteiger partial charge < -0.3 is 9.64 Å². The standard InChI is InChI=1S/C17H19N3O5/c1-18(12-6-7-12)14(21)10-20-16(23)15(22)19(17(20)24)9-11-4-3-5-13(8-11)25-2/h3-5,8,12H,6-7,9-10H2,1-2H3. The molecule has 0 spiro atoms. The number of amides is 5. The molecule has 0 bridgehead atoms. The van der Waals surface area contributed by atoms with Gasteiger partial charge in [-0.15, -0.1) is 0 Å². The molecular weight excluding hydrogens is 326 g/mol. The van der Waals surface area contributed by atoms with Crippen LogP contribution in [-0.2, 0) is 20.9 Å². The van der Waals surface area contributed by atoms with Crippen LogP contribution in [0.15, 0.2) is 24.3 Å². The topological polar surface area (TPSA) is 87.2 Å². The second-order valence-corrected chi connectivity index (χ2v) is 6.15. The summed E-state index contributed by atoms with van der Waals surface area (Å²) < 4.78 is 5.11. The zero-order valence-electron chi connectivity index (χ0n) is 14.1. The summed E-state index contributed by atoms with van der Waals surface area (Å²) in [6, 6.07) is 6.27. The van der Waals surface area contributed by atoms with Gasteiger partial charge in [0.1, 0.15) is 12.3 Å². The molecule has 0 unspecified atom stereocenters. The average Bonchev–Trinajstić information content (AvgIpc) is 3.44. The zero-order chi connectivity index (χ0) is 18.1. The highest BCUT2D eigenvalue weighted by molar-refractivity contribution is 6.44. The Labute approximate surface area is 144 Å². The van der Waals surface area contributed by atoms with Gasteiger partial charge in [-0.2, -0.15) is 0 Å². The van der Waals surface area contributed by atoms with E-state index >= 15 is 0 Å². The number of ether oxygens (including phenoxy) is 1. The molecule has 2 fully saturated rings. The molecule has 5 amide bonds. The number of hydrogen-bond donors (Lipinski definition) is 0. The van der Waals surface area contributed by atoms with E-state index in [1.165, 1.54) is 12.0 Å². The van der Waals surface area contributed by atoms with Crippen LogP contribution in [0.25, 0.3) is 0 Å². The third-order valence-electron chi connectivity index (χ3n) is 4.39. The van der Waals surface area contributed by atoms with E-state index in [9.17, 15) is 19.2 Å². The number of rotatable bonds is 6. The second kappa shape index (κ2) is 6.54. The number of carbonyl (C=O) groups is 4. The molecule has 1 saturated carbocycles. The van der Waals surface area contributed by atoms with Crippen molar-refractivity contribution in [1.82, 2.24) is 14.7 Å². The van der Waals surface area contributed by atoms with Gasteiger partial charge in [0.05, 0.1) is 13.7 Å². The number of carbonyl (C=O) groups excluding carboxylic acids is 4. The van der Waals surface area contributed by atoms with E-state index in [1.54, 1.807) is 31.3 Å². The lowest BCUT2D eigenvalue weighted by atomic mass is 10.2. The summed E-state index contributed by atoms with van der Waals surface area (Å²) in [4.78, 5) is 51.9. The lowest BCUT2D eigenvalue weighted by molar-refractivity contribution is -0.145. The first-order chi connectivity index (χ1) is 11.9. The van der Waals surface area contributed by atoms with Crippen LogP contribution in [-0.4, -0.2) is 65.2 Å². The molecule has 1 aromatic carbocycles. The first-order valence-corrected chi connectivity index (χ1v) is 7.98. The van der Waals surface area contributed by atoms with Crippen molar-refractivity contribution in [2.45, 2.75) is 25.4 Å². The number of imide groups is 2. The number of nitrogens with zero attached hydrogens (tertiary/aromatic N) is 3. The molecule has 0 radical (unpaired) electrons. The van der Waals surface area contributed by atoms with Crippen LogP contribution in [0.2, 0.25) is 0 Å². The lowest BCUT2D eigenvalue weighted by Crippen LogP contribution is -2.42. The normalized spacial score (nSPS) is 17.3. The molecule has 0 atom stereocenters. The zero-order valence-corrected chi connectivity index (χ0v) is 14.1. The fraction of sp³-hybridized carbons (Fsp3) is 0.412. The van der Waals surface area contributed by atoms with E-state index < -0.39 is 24.4 Å². The molecular formula is C17H19N3O5. The van der Waals surface area contributed by atoms with Crippen LogP contribution in [0.5, 0.6) is 5.75 Å². The van der Waals surface area contributed by atoms with Crippen LogP contribution in [0.4, 0.5) is 4.79 Å². The molecule has 0 N–H and O–H groups in total. The smallest absolute Gasteiger partial charge is 0.335 e. The van der Waals surface area contributed by atoms with Crippen LogP contribution in [0.3, 0.4) is 0 Å². The summed E-state index contributed by atoms with van der Waals surface area (Å²) in [5.74, 6) is -1.65. The molecule has 0 aromatic heterocycles. The van der Waals surface area contributed by atoms with Gasteiger partial charge in [0.25, 0.3) is 0 Å². The van der Waals surface area contributed by atoms with Crippen LogP contribution < -0.4 is 4.74 Å². The van der Waals surface area contributed by atoms with Gasteiger partial charge in [-0.3, -0.25) is 19.3 Å². The summed E-state index contributed by atoms with van der Waals surface area (Å²) in [6.07, 6.45) is 1.84. The minimum Gasteiger partial charge on any atom is -0.497 e. The van der Waals surface area contributed by atoms with Gasteiger partial charge in [0.15, 0.2) is 0 Å². The predicted molar refractivity (Wildman–Crippen MR) is 86.4 cm³/mol. The quantitative estimate of drug-likeness (QED) is 0.557. The highest BCUT2D eigenvalue weighted by Crippen LogP contribution is 2.26. The Balaban J connectivity index is 1.71. The van der Waals surface area contributed by atoms with Crippen molar-refractivity contribution in [3.05, 3.63) is 29.8 Å². The molecule has 1 aliphatic heterocycles. The molecule has 1 heterocycles. The molecule has 1 aromatic rings. The van der Waals surface area contributed by atoms with Crippen molar-refractivity contribution in [2.75, 3.05) is 20.7 Å². The van der Waals surface area contributed by atoms with E-state index in [1.807, 2.05) is 0 Å². The third-order valence-corrected chi connectivity index (χ3v) is 4.39. The first kappa shape index (κ1) is 16.9. The molecule has 1 saturated heterocycles. The number of hydrogen-bond acceptors (Lipinski definition) is 5. The van der Waals surface area contributed by atoms with Crippen molar-refractivity contribution in [1.29, 1.82) is 0 Å². The molecule has 3 rings (SSSR count). The second-order valence-electron chi connectivity index (χ2n) is 6.15. The Morgan fingerprint density at radius 3 is 2.52 bits per heavy atom. The molecule has 8 heteroatoms. The van der Waals surface area contributed by atoms with Crippen molar-refractivity contribution in [2.24, 2.45) is 0 Å². The van der Waals surface area contributed by atoms with Crippen LogP contribution in [0.1, 0.15) is 18.4 Å². The molecule has 132 valence electrons. The predicted octanol–water partition coefficient (Wildman–Crippen LogP) is 0.607. The van der Waals surface area contributed by atoms with E-state index in [-0.39, 0.29) is 18.5 Å². The summed E-state index contributed by atoms with van der Waals surface area (Å²) >= 11 is 0. The molecule has 2 aliphatic rings. The maximum Gasteiger partial charge on any atom is 0.335 e. The van der Waals surface area contributed by atoms with Crippen LogP contribution in [0, 0.1) is 0 Å². The Kier molecular flexibility index (Phi) is 4.43. The van der Waals surface area contributed by atoms with E-state index in [4.69, 9.17) is 4.74 Å². The van der Waals surface area contributed by atoms with Gasteiger partial charge in [0.2, 0.25) is 5.91 Å². The fourth-order valence-corrected chi connectivity index (χ4v) is 2.69. The molecule has 25 heavy (non-hydrogen) atoms. The Morgan fingerprint density at radius 1 is 1.20 bits per heavy atom. The van der Waals surface area contributed by atoms with Gasteiger partial charge in [-0.05, 0) is 30.5 Å². The maximum absolute atomic E-state index is 12.4. The van der Waals surface area contributed by atoms with Crippen LogP contribution >= 0.6 is 0 Å². The number of urea groups is 1.